The second-order valence-electron chi connectivity index (χ2n) is 5.01. The fourth-order valence-corrected chi connectivity index (χ4v) is 3.00. The molecule has 2 aromatic heterocycles. The molecule has 0 unspecified atom stereocenters. The monoisotopic (exact) mass is 319 g/mol. The van der Waals surface area contributed by atoms with Gasteiger partial charge >= 0.3 is 0 Å². The lowest BCUT2D eigenvalue weighted by Crippen LogP contribution is -1.87. The Balaban J connectivity index is 1.49. The zero-order valence-corrected chi connectivity index (χ0v) is 13.0. The summed E-state index contributed by atoms with van der Waals surface area (Å²) in [6.45, 7) is 0. The van der Waals surface area contributed by atoms with Gasteiger partial charge in [-0.1, -0.05) is 59.4 Å². The van der Waals surface area contributed by atoms with Gasteiger partial charge in [0.1, 0.15) is 0 Å². The van der Waals surface area contributed by atoms with E-state index in [0.717, 1.165) is 21.5 Å². The first-order valence-electron chi connectivity index (χ1n) is 7.25. The van der Waals surface area contributed by atoms with Crippen molar-refractivity contribution in [2.75, 3.05) is 0 Å². The molecule has 4 nitrogen and oxygen atoms in total. The van der Waals surface area contributed by atoms with Crippen LogP contribution in [-0.4, -0.2) is 15.1 Å². The predicted octanol–water partition coefficient (Wildman–Crippen LogP) is 4.58. The van der Waals surface area contributed by atoms with E-state index in [-0.39, 0.29) is 0 Å². The Hall–Kier alpha value is -2.66. The van der Waals surface area contributed by atoms with Gasteiger partial charge in [0.2, 0.25) is 0 Å². The van der Waals surface area contributed by atoms with E-state index in [9.17, 15) is 0 Å². The summed E-state index contributed by atoms with van der Waals surface area (Å²) in [5, 5.41) is 6.13. The molecule has 5 heteroatoms. The molecule has 0 radical (unpaired) electrons. The second kappa shape index (κ2) is 6.22. The van der Waals surface area contributed by atoms with E-state index in [1.165, 1.54) is 0 Å². The highest BCUT2D eigenvalue weighted by molar-refractivity contribution is 7.98. The van der Waals surface area contributed by atoms with Crippen molar-refractivity contribution in [3.05, 3.63) is 72.6 Å². The van der Waals surface area contributed by atoms with Crippen LogP contribution < -0.4 is 0 Å². The quantitative estimate of drug-likeness (QED) is 0.515. The van der Waals surface area contributed by atoms with Crippen LogP contribution in [0.4, 0.5) is 0 Å². The van der Waals surface area contributed by atoms with Crippen molar-refractivity contribution in [2.45, 2.75) is 10.8 Å². The lowest BCUT2D eigenvalue weighted by Gasteiger charge is -2.00. The molecule has 0 N–H and O–H groups in total. The molecule has 23 heavy (non-hydrogen) atoms. The molecule has 0 spiro atoms. The Morgan fingerprint density at radius 3 is 2.57 bits per heavy atom. The van der Waals surface area contributed by atoms with E-state index >= 15 is 0 Å². The number of pyridine rings is 1. The fraction of sp³-hybridized carbons (Fsp3) is 0.0556. The summed E-state index contributed by atoms with van der Waals surface area (Å²) in [6, 6.07) is 22.0. The maximum Gasteiger partial charge on any atom is 0.257 e. The van der Waals surface area contributed by atoms with Gasteiger partial charge in [0, 0.05) is 10.9 Å². The maximum absolute atomic E-state index is 5.31. The summed E-state index contributed by atoms with van der Waals surface area (Å²) >= 11 is 1.60. The lowest BCUT2D eigenvalue weighted by molar-refractivity contribution is 0.425. The van der Waals surface area contributed by atoms with Gasteiger partial charge in [-0.05, 0) is 24.3 Å². The zero-order chi connectivity index (χ0) is 15.5. The second-order valence-corrected chi connectivity index (χ2v) is 6.01. The van der Waals surface area contributed by atoms with Gasteiger partial charge in [-0.2, -0.15) is 4.98 Å². The number of hydrogen-bond acceptors (Lipinski definition) is 5. The molecule has 0 atom stereocenters. The number of fused-ring (bicyclic) bond motifs is 1. The summed E-state index contributed by atoms with van der Waals surface area (Å²) in [5.41, 5.74) is 1.93. The maximum atomic E-state index is 5.31. The lowest BCUT2D eigenvalue weighted by atomic mass is 10.2. The Morgan fingerprint density at radius 1 is 0.826 bits per heavy atom. The molecule has 4 aromatic rings. The summed E-state index contributed by atoms with van der Waals surface area (Å²) in [7, 11) is 0. The molecule has 0 aliphatic rings. The van der Waals surface area contributed by atoms with E-state index in [0.29, 0.717) is 17.5 Å². The highest BCUT2D eigenvalue weighted by atomic mass is 32.2. The minimum Gasteiger partial charge on any atom is -0.334 e. The number of rotatable bonds is 4. The van der Waals surface area contributed by atoms with Crippen LogP contribution in [-0.2, 0) is 5.75 Å². The van der Waals surface area contributed by atoms with Crippen LogP contribution in [0, 0.1) is 0 Å². The first-order chi connectivity index (χ1) is 11.4. The summed E-state index contributed by atoms with van der Waals surface area (Å²) in [5.74, 6) is 1.85. The molecular formula is C18H13N3OS. The third-order valence-corrected chi connectivity index (χ3v) is 4.34. The van der Waals surface area contributed by atoms with Gasteiger partial charge in [0.05, 0.1) is 16.3 Å². The summed E-state index contributed by atoms with van der Waals surface area (Å²) in [4.78, 5) is 9.06. The van der Waals surface area contributed by atoms with E-state index in [2.05, 4.69) is 27.3 Å². The highest BCUT2D eigenvalue weighted by Crippen LogP contribution is 2.24. The SMILES string of the molecule is c1ccc(-c2nc(CSc3ccc4ccccc4n3)no2)cc1. The molecule has 0 aliphatic heterocycles. The first-order valence-corrected chi connectivity index (χ1v) is 8.24. The molecule has 4 rings (SSSR count). The average Bonchev–Trinajstić information content (AvgIpc) is 3.10. The van der Waals surface area contributed by atoms with Crippen LogP contribution in [0.2, 0.25) is 0 Å². The van der Waals surface area contributed by atoms with E-state index in [1.807, 2.05) is 54.6 Å². The Bertz CT molecular complexity index is 937. The number of aromatic nitrogens is 3. The summed E-state index contributed by atoms with van der Waals surface area (Å²) < 4.78 is 5.31. The van der Waals surface area contributed by atoms with Crippen molar-refractivity contribution in [1.29, 1.82) is 0 Å². The first kappa shape index (κ1) is 14.0. The molecular weight excluding hydrogens is 306 g/mol. The van der Waals surface area contributed by atoms with E-state index < -0.39 is 0 Å². The predicted molar refractivity (Wildman–Crippen MR) is 91.0 cm³/mol. The Labute approximate surface area is 137 Å². The van der Waals surface area contributed by atoms with Crippen molar-refractivity contribution in [2.24, 2.45) is 0 Å². The molecule has 0 saturated heterocycles. The Kier molecular flexibility index (Phi) is 3.78. The molecule has 2 aromatic carbocycles. The van der Waals surface area contributed by atoms with Crippen molar-refractivity contribution in [3.63, 3.8) is 0 Å². The highest BCUT2D eigenvalue weighted by Gasteiger charge is 2.09. The van der Waals surface area contributed by atoms with Gasteiger partial charge in [0.15, 0.2) is 5.82 Å². The smallest absolute Gasteiger partial charge is 0.257 e. The molecule has 0 fully saturated rings. The van der Waals surface area contributed by atoms with Gasteiger partial charge in [-0.25, -0.2) is 4.98 Å². The van der Waals surface area contributed by atoms with Crippen LogP contribution >= 0.6 is 11.8 Å². The number of para-hydroxylation sites is 1. The van der Waals surface area contributed by atoms with Crippen molar-refractivity contribution in [3.8, 4) is 11.5 Å². The normalized spacial score (nSPS) is 11.0. The largest absolute Gasteiger partial charge is 0.334 e. The number of thioether (sulfide) groups is 1. The van der Waals surface area contributed by atoms with E-state index in [4.69, 9.17) is 4.52 Å². The van der Waals surface area contributed by atoms with Gasteiger partial charge < -0.3 is 4.52 Å². The Morgan fingerprint density at radius 2 is 1.65 bits per heavy atom. The van der Waals surface area contributed by atoms with Crippen molar-refractivity contribution in [1.82, 2.24) is 15.1 Å². The topological polar surface area (TPSA) is 51.8 Å². The molecule has 0 saturated carbocycles. The fourth-order valence-electron chi connectivity index (χ4n) is 2.28. The van der Waals surface area contributed by atoms with Crippen molar-refractivity contribution < 1.29 is 4.52 Å². The molecule has 0 bridgehead atoms. The molecule has 112 valence electrons. The third kappa shape index (κ3) is 3.10. The average molecular weight is 319 g/mol. The van der Waals surface area contributed by atoms with Gasteiger partial charge in [0.25, 0.3) is 5.89 Å². The van der Waals surface area contributed by atoms with Gasteiger partial charge in [-0.3, -0.25) is 0 Å². The van der Waals surface area contributed by atoms with Crippen LogP contribution in [0.3, 0.4) is 0 Å². The minimum absolute atomic E-state index is 0.549. The van der Waals surface area contributed by atoms with Gasteiger partial charge in [-0.15, -0.1) is 0 Å². The molecule has 0 amide bonds. The van der Waals surface area contributed by atoms with Crippen LogP contribution in [0.1, 0.15) is 5.82 Å². The number of benzene rings is 2. The van der Waals surface area contributed by atoms with Crippen LogP contribution in [0.25, 0.3) is 22.4 Å². The zero-order valence-electron chi connectivity index (χ0n) is 12.2. The van der Waals surface area contributed by atoms with Crippen LogP contribution in [0.5, 0.6) is 0 Å². The van der Waals surface area contributed by atoms with E-state index in [1.54, 1.807) is 11.8 Å². The molecule has 0 aliphatic carbocycles. The standard InChI is InChI=1S/C18H13N3OS/c1-2-7-14(8-3-1)18-20-16(21-22-18)12-23-17-11-10-13-6-4-5-9-15(13)19-17/h1-11H,12H2. The van der Waals surface area contributed by atoms with Crippen molar-refractivity contribution >= 4 is 22.7 Å². The number of hydrogen-bond donors (Lipinski definition) is 0. The number of nitrogens with zero attached hydrogens (tertiary/aromatic N) is 3. The minimum atomic E-state index is 0.549. The molecule has 2 heterocycles. The third-order valence-electron chi connectivity index (χ3n) is 3.41. The van der Waals surface area contributed by atoms with Crippen LogP contribution in [0.15, 0.2) is 76.3 Å². The summed E-state index contributed by atoms with van der Waals surface area (Å²) in [6.07, 6.45) is 0.